The molecule has 1 fully saturated rings. The fourth-order valence-electron chi connectivity index (χ4n) is 4.35. The number of benzene rings is 2. The summed E-state index contributed by atoms with van der Waals surface area (Å²) in [5.41, 5.74) is 4.98. The predicted molar refractivity (Wildman–Crippen MR) is 85.9 cm³/mol. The van der Waals surface area contributed by atoms with Gasteiger partial charge in [-0.15, -0.1) is 0 Å². The Morgan fingerprint density at radius 1 is 1.09 bits per heavy atom. The van der Waals surface area contributed by atoms with Gasteiger partial charge in [0, 0.05) is 11.6 Å². The van der Waals surface area contributed by atoms with Crippen LogP contribution in [-0.2, 0) is 0 Å². The summed E-state index contributed by atoms with van der Waals surface area (Å²) >= 11 is 6.75. The first-order chi connectivity index (χ1) is 10.7. The molecule has 0 aromatic heterocycles. The SMILES string of the molecule is N#C[C@]1(Cl)CN2c3ccccc3[C@@H]3c4ccccc4[C@H]1N[C@@H]32. The molecule has 108 valence electrons. The normalized spacial score (nSPS) is 33.8. The van der Waals surface area contributed by atoms with Crippen molar-refractivity contribution in [1.82, 2.24) is 5.32 Å². The van der Waals surface area contributed by atoms with Gasteiger partial charge in [0.15, 0.2) is 4.87 Å². The Bertz CT molecular complexity index is 827. The zero-order valence-electron chi connectivity index (χ0n) is 11.8. The second-order valence-corrected chi connectivity index (χ2v) is 6.99. The first-order valence-corrected chi connectivity index (χ1v) is 7.91. The van der Waals surface area contributed by atoms with Gasteiger partial charge >= 0.3 is 0 Å². The fourth-order valence-corrected chi connectivity index (χ4v) is 4.66. The third-order valence-electron chi connectivity index (χ3n) is 5.26. The third kappa shape index (κ3) is 1.35. The van der Waals surface area contributed by atoms with Gasteiger partial charge in [0.2, 0.25) is 0 Å². The number of halogens is 1. The topological polar surface area (TPSA) is 39.1 Å². The lowest BCUT2D eigenvalue weighted by atomic mass is 9.77. The highest BCUT2D eigenvalue weighted by molar-refractivity contribution is 6.27. The van der Waals surface area contributed by atoms with E-state index in [1.165, 1.54) is 16.8 Å². The molecule has 0 spiro atoms. The van der Waals surface area contributed by atoms with Crippen molar-refractivity contribution in [2.75, 3.05) is 11.4 Å². The number of nitriles is 1. The van der Waals surface area contributed by atoms with Gasteiger partial charge in [-0.2, -0.15) is 5.26 Å². The Balaban J connectivity index is 1.84. The minimum Gasteiger partial charge on any atom is -0.352 e. The van der Waals surface area contributed by atoms with Gasteiger partial charge in [0.05, 0.1) is 24.8 Å². The smallest absolute Gasteiger partial charge is 0.167 e. The number of rotatable bonds is 0. The Kier molecular flexibility index (Phi) is 2.30. The van der Waals surface area contributed by atoms with Crippen molar-refractivity contribution in [3.05, 3.63) is 65.2 Å². The molecule has 4 heteroatoms. The molecule has 4 atom stereocenters. The van der Waals surface area contributed by atoms with Gasteiger partial charge in [-0.05, 0) is 22.8 Å². The molecule has 0 radical (unpaired) electrons. The zero-order valence-corrected chi connectivity index (χ0v) is 12.6. The number of nitrogens with one attached hydrogen (secondary N) is 1. The summed E-state index contributed by atoms with van der Waals surface area (Å²) in [4.78, 5) is 1.32. The maximum atomic E-state index is 9.71. The van der Waals surface area contributed by atoms with Crippen LogP contribution in [-0.4, -0.2) is 17.6 Å². The van der Waals surface area contributed by atoms with Gasteiger partial charge in [-0.25, -0.2) is 0 Å². The van der Waals surface area contributed by atoms with E-state index in [1.54, 1.807) is 0 Å². The highest BCUT2D eigenvalue weighted by Crippen LogP contribution is 2.54. The van der Waals surface area contributed by atoms with E-state index in [-0.39, 0.29) is 12.2 Å². The van der Waals surface area contributed by atoms with Gasteiger partial charge in [0.25, 0.3) is 0 Å². The van der Waals surface area contributed by atoms with Crippen molar-refractivity contribution in [2.45, 2.75) is 23.0 Å². The first kappa shape index (κ1) is 12.5. The van der Waals surface area contributed by atoms with Crippen molar-refractivity contribution in [3.8, 4) is 6.07 Å². The molecule has 3 aliphatic heterocycles. The molecule has 3 aliphatic rings. The second kappa shape index (κ2) is 4.04. The molecule has 1 saturated heterocycles. The van der Waals surface area contributed by atoms with Gasteiger partial charge in [0.1, 0.15) is 0 Å². The van der Waals surface area contributed by atoms with Crippen LogP contribution in [0, 0.1) is 11.3 Å². The standard InChI is InChI=1S/C18H14ClN3/c19-18(9-20)10-22-14-8-4-3-7-13(14)15-11-5-1-2-6-12(11)16(18)21-17(15)22/h1-8,15-17,21H,10H2/t15-,16+,17+,18-/m0/s1. The quantitative estimate of drug-likeness (QED) is 0.760. The van der Waals surface area contributed by atoms with E-state index in [9.17, 15) is 5.26 Å². The van der Waals surface area contributed by atoms with Crippen LogP contribution in [0.15, 0.2) is 48.5 Å². The van der Waals surface area contributed by atoms with Crippen molar-refractivity contribution in [3.63, 3.8) is 0 Å². The van der Waals surface area contributed by atoms with Gasteiger partial charge in [-0.1, -0.05) is 54.1 Å². The molecular formula is C18H14ClN3. The van der Waals surface area contributed by atoms with Crippen LogP contribution in [0.5, 0.6) is 0 Å². The largest absolute Gasteiger partial charge is 0.352 e. The fraction of sp³-hybridized carbons (Fsp3) is 0.278. The molecule has 0 aliphatic carbocycles. The van der Waals surface area contributed by atoms with E-state index in [0.29, 0.717) is 12.5 Å². The number of para-hydroxylation sites is 1. The predicted octanol–water partition coefficient (Wildman–Crippen LogP) is 3.12. The molecular weight excluding hydrogens is 294 g/mol. The molecule has 0 unspecified atom stereocenters. The molecule has 2 bridgehead atoms. The number of nitrogens with zero attached hydrogens (tertiary/aromatic N) is 2. The molecule has 0 amide bonds. The van der Waals surface area contributed by atoms with Crippen molar-refractivity contribution < 1.29 is 0 Å². The second-order valence-electron chi connectivity index (χ2n) is 6.31. The maximum Gasteiger partial charge on any atom is 0.167 e. The molecule has 2 aromatic rings. The minimum atomic E-state index is -0.949. The Morgan fingerprint density at radius 2 is 1.77 bits per heavy atom. The number of hydrogen-bond donors (Lipinski definition) is 1. The van der Waals surface area contributed by atoms with Crippen LogP contribution < -0.4 is 10.2 Å². The van der Waals surface area contributed by atoms with Crippen molar-refractivity contribution >= 4 is 17.3 Å². The number of fused-ring (bicyclic) bond motifs is 7. The molecule has 0 saturated carbocycles. The Labute approximate surface area is 134 Å². The van der Waals surface area contributed by atoms with E-state index < -0.39 is 4.87 Å². The molecule has 2 aromatic carbocycles. The summed E-state index contributed by atoms with van der Waals surface area (Å²) in [5, 5.41) is 13.3. The number of hydrogen-bond acceptors (Lipinski definition) is 3. The third-order valence-corrected chi connectivity index (χ3v) is 5.68. The highest BCUT2D eigenvalue weighted by atomic mass is 35.5. The summed E-state index contributed by atoms with van der Waals surface area (Å²) in [6, 6.07) is 19.1. The van der Waals surface area contributed by atoms with E-state index in [0.717, 1.165) is 5.56 Å². The number of anilines is 1. The van der Waals surface area contributed by atoms with Crippen molar-refractivity contribution in [2.24, 2.45) is 0 Å². The monoisotopic (exact) mass is 307 g/mol. The summed E-state index contributed by atoms with van der Waals surface area (Å²) in [7, 11) is 0. The first-order valence-electron chi connectivity index (χ1n) is 7.53. The lowest BCUT2D eigenvalue weighted by Crippen LogP contribution is -2.64. The van der Waals surface area contributed by atoms with Gasteiger partial charge in [-0.3, -0.25) is 5.32 Å². The van der Waals surface area contributed by atoms with E-state index in [2.05, 4.69) is 58.8 Å². The van der Waals surface area contributed by atoms with E-state index in [1.807, 2.05) is 6.07 Å². The zero-order chi connectivity index (χ0) is 14.9. The molecule has 3 heterocycles. The Hall–Kier alpha value is -2.02. The highest BCUT2D eigenvalue weighted by Gasteiger charge is 2.56. The lowest BCUT2D eigenvalue weighted by molar-refractivity contribution is 0.289. The average molecular weight is 308 g/mol. The van der Waals surface area contributed by atoms with Crippen LogP contribution in [0.3, 0.4) is 0 Å². The van der Waals surface area contributed by atoms with Crippen LogP contribution in [0.25, 0.3) is 0 Å². The van der Waals surface area contributed by atoms with Crippen LogP contribution in [0.4, 0.5) is 5.69 Å². The number of alkyl halides is 1. The lowest BCUT2D eigenvalue weighted by Gasteiger charge is -2.50. The van der Waals surface area contributed by atoms with Crippen LogP contribution >= 0.6 is 11.6 Å². The summed E-state index contributed by atoms with van der Waals surface area (Å²) in [6.07, 6.45) is 0.192. The van der Waals surface area contributed by atoms with E-state index >= 15 is 0 Å². The van der Waals surface area contributed by atoms with E-state index in [4.69, 9.17) is 11.6 Å². The molecule has 1 N–H and O–H groups in total. The minimum absolute atomic E-state index is 0.123. The average Bonchev–Trinajstić information content (AvgIpc) is 2.90. The molecule has 22 heavy (non-hydrogen) atoms. The van der Waals surface area contributed by atoms with Crippen molar-refractivity contribution in [1.29, 1.82) is 5.26 Å². The Morgan fingerprint density at radius 3 is 2.55 bits per heavy atom. The summed E-state index contributed by atoms with van der Waals surface area (Å²) in [6.45, 7) is 0.551. The summed E-state index contributed by atoms with van der Waals surface area (Å²) < 4.78 is 0. The summed E-state index contributed by atoms with van der Waals surface area (Å²) in [5.74, 6) is 0.309. The molecule has 5 rings (SSSR count). The van der Waals surface area contributed by atoms with Crippen LogP contribution in [0.2, 0.25) is 0 Å². The van der Waals surface area contributed by atoms with Gasteiger partial charge < -0.3 is 4.90 Å². The van der Waals surface area contributed by atoms with Crippen LogP contribution in [0.1, 0.15) is 28.7 Å². The molecule has 3 nitrogen and oxygen atoms in total. The maximum absolute atomic E-state index is 9.71.